The molecule has 0 radical (unpaired) electrons. The smallest absolute Gasteiger partial charge is 0.337 e. The lowest BCUT2D eigenvalue weighted by Crippen LogP contribution is -2.16. The Hall–Kier alpha value is -3.22. The molecule has 2 heterocycles. The number of carbonyl (C=O) groups excluding carboxylic acids is 2. The van der Waals surface area contributed by atoms with Gasteiger partial charge in [0.25, 0.3) is 5.91 Å². The van der Waals surface area contributed by atoms with Gasteiger partial charge in [0.15, 0.2) is 0 Å². The molecule has 0 spiro atoms. The number of nitrogens with zero attached hydrogens (tertiary/aromatic N) is 2. The molecule has 0 aliphatic rings. The number of carbonyl (C=O) groups is 2. The van der Waals surface area contributed by atoms with E-state index in [9.17, 15) is 14.0 Å². The molecule has 3 rings (SSSR count). The van der Waals surface area contributed by atoms with Gasteiger partial charge in [-0.15, -0.1) is 0 Å². The van der Waals surface area contributed by atoms with Crippen molar-refractivity contribution in [3.05, 3.63) is 65.4 Å². The van der Waals surface area contributed by atoms with Crippen molar-refractivity contribution in [2.75, 3.05) is 12.4 Å². The number of amides is 1. The fraction of sp³-hybridized carbons (Fsp3) is 0.167. The molecule has 1 aromatic carbocycles. The number of hydrogen-bond acceptors (Lipinski definition) is 4. The van der Waals surface area contributed by atoms with Crippen LogP contribution in [0.3, 0.4) is 0 Å². The quantitative estimate of drug-likeness (QED) is 0.740. The summed E-state index contributed by atoms with van der Waals surface area (Å²) in [4.78, 5) is 28.7. The number of methoxy groups -OCH3 is 1. The lowest BCUT2D eigenvalue weighted by Gasteiger charge is -2.08. The van der Waals surface area contributed by atoms with Gasteiger partial charge in [0.1, 0.15) is 17.2 Å². The Morgan fingerprint density at radius 3 is 2.80 bits per heavy atom. The molecule has 0 aliphatic carbocycles. The number of aryl methyl sites for hydroxylation is 1. The van der Waals surface area contributed by atoms with Gasteiger partial charge in [0.2, 0.25) is 0 Å². The molecule has 0 aliphatic heterocycles. The van der Waals surface area contributed by atoms with Gasteiger partial charge in [-0.25, -0.2) is 14.2 Å². The van der Waals surface area contributed by atoms with E-state index in [-0.39, 0.29) is 5.69 Å². The highest BCUT2D eigenvalue weighted by Gasteiger charge is 2.19. The number of esters is 1. The van der Waals surface area contributed by atoms with Crippen LogP contribution in [0.15, 0.2) is 42.6 Å². The third kappa shape index (κ3) is 3.21. The highest BCUT2D eigenvalue weighted by Crippen LogP contribution is 2.18. The van der Waals surface area contributed by atoms with Gasteiger partial charge in [0.05, 0.1) is 18.4 Å². The summed E-state index contributed by atoms with van der Waals surface area (Å²) in [7, 11) is 1.29. The van der Waals surface area contributed by atoms with Crippen LogP contribution in [-0.4, -0.2) is 28.4 Å². The van der Waals surface area contributed by atoms with Crippen LogP contribution in [0.4, 0.5) is 10.1 Å². The number of halogens is 1. The summed E-state index contributed by atoms with van der Waals surface area (Å²) >= 11 is 0. The summed E-state index contributed by atoms with van der Waals surface area (Å²) in [6, 6.07) is 9.20. The standard InChI is InChI=1S/C18H16FN3O3/c1-3-14-16(22-10-12(19)7-8-15(22)21-14)17(23)20-13-6-4-5-11(9-13)18(24)25-2/h4-10H,3H2,1-2H3,(H,20,23). The minimum absolute atomic E-state index is 0.264. The van der Waals surface area contributed by atoms with Crippen LogP contribution < -0.4 is 5.32 Å². The number of rotatable bonds is 4. The van der Waals surface area contributed by atoms with Crippen LogP contribution in [-0.2, 0) is 11.2 Å². The van der Waals surface area contributed by atoms with Crippen LogP contribution >= 0.6 is 0 Å². The van der Waals surface area contributed by atoms with Crippen molar-refractivity contribution in [1.82, 2.24) is 9.38 Å². The molecule has 3 aromatic rings. The number of imidazole rings is 1. The van der Waals surface area contributed by atoms with Crippen LogP contribution in [0.2, 0.25) is 0 Å². The van der Waals surface area contributed by atoms with Gasteiger partial charge in [-0.1, -0.05) is 13.0 Å². The van der Waals surface area contributed by atoms with E-state index in [2.05, 4.69) is 15.0 Å². The van der Waals surface area contributed by atoms with Crippen molar-refractivity contribution < 1.29 is 18.7 Å². The minimum atomic E-state index is -0.498. The zero-order valence-electron chi connectivity index (χ0n) is 13.7. The van der Waals surface area contributed by atoms with Crippen molar-refractivity contribution in [2.45, 2.75) is 13.3 Å². The van der Waals surface area contributed by atoms with Crippen molar-refractivity contribution in [3.8, 4) is 0 Å². The van der Waals surface area contributed by atoms with Crippen LogP contribution in [0, 0.1) is 5.82 Å². The highest BCUT2D eigenvalue weighted by molar-refractivity contribution is 6.05. The summed E-state index contributed by atoms with van der Waals surface area (Å²) in [6.45, 7) is 1.87. The van der Waals surface area contributed by atoms with Crippen LogP contribution in [0.25, 0.3) is 5.65 Å². The molecule has 1 amide bonds. The number of pyridine rings is 1. The Labute approximate surface area is 143 Å². The Balaban J connectivity index is 1.98. The molecule has 0 unspecified atom stereocenters. The Morgan fingerprint density at radius 2 is 2.08 bits per heavy atom. The number of nitrogens with one attached hydrogen (secondary N) is 1. The molecule has 0 saturated carbocycles. The molecular formula is C18H16FN3O3. The van der Waals surface area contributed by atoms with Gasteiger partial charge in [-0.2, -0.15) is 0 Å². The van der Waals surface area contributed by atoms with Crippen molar-refractivity contribution in [2.24, 2.45) is 0 Å². The normalized spacial score (nSPS) is 10.7. The second-order valence-corrected chi connectivity index (χ2v) is 5.36. The molecule has 25 heavy (non-hydrogen) atoms. The van der Waals surface area contributed by atoms with Crippen molar-refractivity contribution in [1.29, 1.82) is 0 Å². The molecule has 0 fully saturated rings. The first-order valence-electron chi connectivity index (χ1n) is 7.69. The molecule has 7 heteroatoms. The van der Waals surface area contributed by atoms with E-state index in [4.69, 9.17) is 0 Å². The number of ether oxygens (including phenoxy) is 1. The van der Waals surface area contributed by atoms with E-state index in [1.165, 1.54) is 35.9 Å². The molecule has 6 nitrogen and oxygen atoms in total. The van der Waals surface area contributed by atoms with Gasteiger partial charge in [0, 0.05) is 11.9 Å². The summed E-state index contributed by atoms with van der Waals surface area (Å²) in [5.74, 6) is -1.39. The van der Waals surface area contributed by atoms with Gasteiger partial charge in [-0.3, -0.25) is 9.20 Å². The molecule has 0 bridgehead atoms. The van der Waals surface area contributed by atoms with E-state index in [0.717, 1.165) is 0 Å². The van der Waals surface area contributed by atoms with Crippen molar-refractivity contribution >= 4 is 23.2 Å². The van der Waals surface area contributed by atoms with Crippen molar-refractivity contribution in [3.63, 3.8) is 0 Å². The van der Waals surface area contributed by atoms with Crippen LogP contribution in [0.1, 0.15) is 33.5 Å². The van der Waals surface area contributed by atoms with Gasteiger partial charge >= 0.3 is 5.97 Å². The minimum Gasteiger partial charge on any atom is -0.465 e. The Kier molecular flexibility index (Phi) is 4.47. The monoisotopic (exact) mass is 341 g/mol. The maximum atomic E-state index is 13.6. The first kappa shape index (κ1) is 16.6. The predicted molar refractivity (Wildman–Crippen MR) is 90.3 cm³/mol. The van der Waals surface area contributed by atoms with E-state index >= 15 is 0 Å². The summed E-state index contributed by atoms with van der Waals surface area (Å²) in [5, 5.41) is 2.72. The molecule has 0 atom stereocenters. The Bertz CT molecular complexity index is 965. The maximum absolute atomic E-state index is 13.6. The number of anilines is 1. The average molecular weight is 341 g/mol. The zero-order valence-corrected chi connectivity index (χ0v) is 13.7. The number of benzene rings is 1. The van der Waals surface area contributed by atoms with E-state index in [1.54, 1.807) is 18.2 Å². The number of fused-ring (bicyclic) bond motifs is 1. The summed E-state index contributed by atoms with van der Waals surface area (Å²) < 4.78 is 19.7. The SMILES string of the molecule is CCc1nc2ccc(F)cn2c1C(=O)Nc1cccc(C(=O)OC)c1. The molecular weight excluding hydrogens is 325 g/mol. The summed E-state index contributed by atoms with van der Waals surface area (Å²) in [5.41, 5.74) is 2.07. The number of aromatic nitrogens is 2. The Morgan fingerprint density at radius 1 is 1.28 bits per heavy atom. The molecule has 0 saturated heterocycles. The zero-order chi connectivity index (χ0) is 18.0. The fourth-order valence-corrected chi connectivity index (χ4v) is 2.59. The van der Waals surface area contributed by atoms with E-state index < -0.39 is 17.7 Å². The van der Waals surface area contributed by atoms with Gasteiger partial charge < -0.3 is 10.1 Å². The average Bonchev–Trinajstić information content (AvgIpc) is 2.99. The first-order valence-corrected chi connectivity index (χ1v) is 7.69. The predicted octanol–water partition coefficient (Wildman–Crippen LogP) is 3.07. The molecule has 128 valence electrons. The second-order valence-electron chi connectivity index (χ2n) is 5.36. The highest BCUT2D eigenvalue weighted by atomic mass is 19.1. The second kappa shape index (κ2) is 6.72. The van der Waals surface area contributed by atoms with Gasteiger partial charge in [-0.05, 0) is 36.8 Å². The molecule has 2 aromatic heterocycles. The van der Waals surface area contributed by atoms with Crippen LogP contribution in [0.5, 0.6) is 0 Å². The summed E-state index contributed by atoms with van der Waals surface area (Å²) in [6.07, 6.45) is 1.75. The maximum Gasteiger partial charge on any atom is 0.337 e. The lowest BCUT2D eigenvalue weighted by atomic mass is 10.2. The first-order chi connectivity index (χ1) is 12.0. The lowest BCUT2D eigenvalue weighted by molar-refractivity contribution is 0.0600. The third-order valence-corrected chi connectivity index (χ3v) is 3.75. The van der Waals surface area contributed by atoms with E-state index in [0.29, 0.717) is 29.0 Å². The fourth-order valence-electron chi connectivity index (χ4n) is 2.59. The number of hydrogen-bond donors (Lipinski definition) is 1. The van der Waals surface area contributed by atoms with E-state index in [1.807, 2.05) is 6.92 Å². The third-order valence-electron chi connectivity index (χ3n) is 3.75. The largest absolute Gasteiger partial charge is 0.465 e. The topological polar surface area (TPSA) is 72.7 Å². The molecule has 1 N–H and O–H groups in total.